The molecule has 0 bridgehead atoms. The fourth-order valence-corrected chi connectivity index (χ4v) is 0. The van der Waals surface area contributed by atoms with E-state index in [1.165, 1.54) is 0 Å². The molecule has 0 aliphatic carbocycles. The van der Waals surface area contributed by atoms with Crippen molar-refractivity contribution in [3.05, 3.63) is 0 Å². The summed E-state index contributed by atoms with van der Waals surface area (Å²) in [7, 11) is 0. The Hall–Kier alpha value is 4.27. The Labute approximate surface area is 205 Å². The normalized spacial score (nSPS) is 0. The summed E-state index contributed by atoms with van der Waals surface area (Å²) in [6.07, 6.45) is 0. The van der Waals surface area contributed by atoms with Crippen molar-refractivity contribution in [2.45, 2.75) is 0 Å². The first-order valence-corrected chi connectivity index (χ1v) is 0. The number of hydrogen-bond donors (Lipinski definition) is 0. The van der Waals surface area contributed by atoms with E-state index in [0.717, 1.165) is 0 Å². The summed E-state index contributed by atoms with van der Waals surface area (Å²) >= 11 is 0. The van der Waals surface area contributed by atoms with E-state index >= 15 is 0 Å². The Morgan fingerprint density at radius 1 is 0.167 bits per heavy atom. The van der Waals surface area contributed by atoms with Crippen LogP contribution in [0.1, 0.15) is 0 Å². The summed E-state index contributed by atoms with van der Waals surface area (Å²) in [6, 6.07) is 0. The van der Waals surface area contributed by atoms with E-state index in [-0.39, 0.29) is 209 Å². The van der Waals surface area contributed by atoms with Crippen LogP contribution in [-0.2, 0) is 127 Å². The van der Waals surface area contributed by atoms with Crippen LogP contribution in [0.25, 0.3) is 0 Å². The van der Waals surface area contributed by atoms with Crippen molar-refractivity contribution >= 4 is 81.9 Å². The van der Waals surface area contributed by atoms with E-state index in [1.54, 1.807) is 0 Å². The van der Waals surface area contributed by atoms with Gasteiger partial charge in [-0.1, -0.05) is 0 Å². The van der Waals surface area contributed by atoms with Gasteiger partial charge in [-0.05, 0) is 0 Å². The Balaban J connectivity index is 0. The van der Waals surface area contributed by atoms with E-state index in [9.17, 15) is 0 Å². The molecule has 3 radical (unpaired) electrons. The van der Waals surface area contributed by atoms with E-state index in [1.807, 2.05) is 0 Å². The third kappa shape index (κ3) is 412. The predicted octanol–water partition coefficient (Wildman–Crippen LogP) is -2.58. The minimum absolute atomic E-state index is 0. The van der Waals surface area contributed by atoms with Gasteiger partial charge in [0.1, 0.15) is 0 Å². The van der Waals surface area contributed by atoms with Crippen LogP contribution < -0.4 is 0 Å². The molecule has 0 aromatic carbocycles. The molecule has 0 spiro atoms. The van der Waals surface area contributed by atoms with Crippen LogP contribution >= 0.6 is 0 Å². The quantitative estimate of drug-likeness (QED) is 0.226. The summed E-state index contributed by atoms with van der Waals surface area (Å²) in [6.45, 7) is 0. The summed E-state index contributed by atoms with van der Waals surface area (Å²) in [4.78, 5) is 0. The number of rotatable bonds is 0. The monoisotopic (exact) mass is 1370 g/mol. The predicted molar refractivity (Wildman–Crippen MR) is 25.5 cm³/mol. The van der Waals surface area contributed by atoms with Crippen molar-refractivity contribution in [3.63, 3.8) is 0 Å². The minimum Gasteiger partial charge on any atom is -2.00 e. The van der Waals surface area contributed by atoms with Gasteiger partial charge in [-0.2, -0.15) is 0 Å². The second-order valence-electron chi connectivity index (χ2n) is 0. The van der Waals surface area contributed by atoms with Crippen LogP contribution in [-0.4, -0.2) is 81.9 Å². The van der Waals surface area contributed by atoms with Crippen LogP contribution in [0.2, 0.25) is 0 Å². The Morgan fingerprint density at radius 3 is 0.167 bits per heavy atom. The molecule has 0 amide bonds. The molecule has 0 saturated heterocycles. The van der Waals surface area contributed by atoms with Gasteiger partial charge in [-0.3, -0.25) is 0 Å². The van der Waals surface area contributed by atoms with Gasteiger partial charge in [-0.15, -0.1) is 0 Å². The van der Waals surface area contributed by atoms with Gasteiger partial charge in [-0.25, -0.2) is 0 Å². The van der Waals surface area contributed by atoms with Gasteiger partial charge in [0.25, 0.3) is 0 Å². The van der Waals surface area contributed by atoms with Crippen molar-refractivity contribution < 1.29 is 127 Å². The zero-order valence-electron chi connectivity index (χ0n) is 7.76. The van der Waals surface area contributed by atoms with Gasteiger partial charge in [0.05, 0.1) is 0 Å². The van der Waals surface area contributed by atoms with Crippen LogP contribution in [0.5, 0.6) is 0 Å². The van der Waals surface area contributed by atoms with Gasteiger partial charge < -0.3 is 65.7 Å². The maximum absolute atomic E-state index is 0. The molecule has 0 aliphatic rings. The summed E-state index contributed by atoms with van der Waals surface area (Å²) in [5.74, 6) is 0. The van der Waals surface area contributed by atoms with Gasteiger partial charge in [0.2, 0.25) is 0 Å². The largest absolute Gasteiger partial charge is 3.00 e. The Bertz CT molecular complexity index is 22.5. The molecule has 117 valence electrons. The Morgan fingerprint density at radius 2 is 0.167 bits per heavy atom. The average molecular weight is 1360 g/mol. The Kier molecular flexibility index (Phi) is 14700. The van der Waals surface area contributed by atoms with Crippen molar-refractivity contribution in [3.8, 4) is 0 Å². The maximum Gasteiger partial charge on any atom is 3.00 e. The molecule has 18 heavy (non-hydrogen) atoms. The second-order valence-corrected chi connectivity index (χ2v) is 0. The molecule has 0 aromatic heterocycles. The molecule has 0 fully saturated rings. The molecule has 0 aliphatic heterocycles. The SMILES string of the molecule is [O-2].[O-2].[O-2].[O-2].[O-2].[O-2].[O-2].[O-2].[O-2].[O-2].[O-2].[O-2].[Re].[Re].[Re].[Tl+3].[Tl+3].[Tl+3]. The first-order chi connectivity index (χ1) is 0. The van der Waals surface area contributed by atoms with Gasteiger partial charge >= 0.3 is 81.9 Å². The minimum atomic E-state index is 0. The van der Waals surface area contributed by atoms with Gasteiger partial charge in [0, 0.05) is 61.3 Å². The summed E-state index contributed by atoms with van der Waals surface area (Å²) in [5.41, 5.74) is 0. The molecule has 18 heteroatoms. The maximum atomic E-state index is 0. The third-order valence-corrected chi connectivity index (χ3v) is 0. The molecule has 0 rings (SSSR count). The molecular formula is O12Re3Tl3-15. The molecule has 0 N–H and O–H groups in total. The topological polar surface area (TPSA) is 342 Å². The van der Waals surface area contributed by atoms with Crippen molar-refractivity contribution in [2.24, 2.45) is 0 Å². The molecule has 0 unspecified atom stereocenters. The van der Waals surface area contributed by atoms with Gasteiger partial charge in [0.15, 0.2) is 0 Å². The summed E-state index contributed by atoms with van der Waals surface area (Å²) < 4.78 is 0. The fraction of sp³-hybridized carbons (Fsp3) is 0. The zero-order valence-corrected chi connectivity index (χ0v) is 29.4. The second kappa shape index (κ2) is 479. The van der Waals surface area contributed by atoms with E-state index in [0.29, 0.717) is 0 Å². The molecule has 0 saturated carbocycles. The third-order valence-electron chi connectivity index (χ3n) is 0. The molecular weight excluding hydrogens is 1360 g/mol. The van der Waals surface area contributed by atoms with E-state index in [4.69, 9.17) is 0 Å². The smallest absolute Gasteiger partial charge is 2.00 e. The van der Waals surface area contributed by atoms with Crippen molar-refractivity contribution in [1.82, 2.24) is 0 Å². The zero-order chi connectivity index (χ0) is 0. The van der Waals surface area contributed by atoms with Crippen LogP contribution in [0.3, 0.4) is 0 Å². The van der Waals surface area contributed by atoms with E-state index in [2.05, 4.69) is 0 Å². The van der Waals surface area contributed by atoms with Crippen LogP contribution in [0.15, 0.2) is 0 Å². The molecule has 0 atom stereocenters. The first-order valence-electron chi connectivity index (χ1n) is 0. The van der Waals surface area contributed by atoms with Crippen molar-refractivity contribution in [2.75, 3.05) is 0 Å². The molecule has 12 nitrogen and oxygen atoms in total. The van der Waals surface area contributed by atoms with Crippen LogP contribution in [0.4, 0.5) is 0 Å². The van der Waals surface area contributed by atoms with Crippen molar-refractivity contribution in [1.29, 1.82) is 0 Å². The standard InChI is InChI=1S/12O.3Re.3Tl/q12*-2;;;;3*+3. The average Bonchev–Trinajstić information content (AvgIpc) is 0. The van der Waals surface area contributed by atoms with E-state index < -0.39 is 0 Å². The van der Waals surface area contributed by atoms with Crippen LogP contribution in [0, 0.1) is 0 Å². The number of hydrogen-bond acceptors (Lipinski definition) is 0. The summed E-state index contributed by atoms with van der Waals surface area (Å²) in [5, 5.41) is 0. The fourth-order valence-electron chi connectivity index (χ4n) is 0. The molecule has 0 aromatic rings. The first kappa shape index (κ1) is 552. The molecule has 0 heterocycles.